The third-order valence-corrected chi connectivity index (χ3v) is 6.72. The molecule has 1 aliphatic heterocycles. The van der Waals surface area contributed by atoms with Crippen molar-refractivity contribution < 1.29 is 9.18 Å². The van der Waals surface area contributed by atoms with E-state index in [1.807, 2.05) is 13.8 Å². The van der Waals surface area contributed by atoms with Crippen molar-refractivity contribution in [1.82, 2.24) is 15.3 Å². The van der Waals surface area contributed by atoms with Gasteiger partial charge >= 0.3 is 0 Å². The van der Waals surface area contributed by atoms with Gasteiger partial charge in [0.05, 0.1) is 10.3 Å². The number of rotatable bonds is 4. The number of hydrogen-bond acceptors (Lipinski definition) is 5. The molecule has 1 fully saturated rings. The summed E-state index contributed by atoms with van der Waals surface area (Å²) < 4.78 is 13.1. The molecule has 0 aliphatic carbocycles. The number of aryl methyl sites for hydroxylation is 2. The molecule has 0 radical (unpaired) electrons. The lowest BCUT2D eigenvalue weighted by Gasteiger charge is -2.31. The van der Waals surface area contributed by atoms with Gasteiger partial charge in [-0.1, -0.05) is 19.1 Å². The van der Waals surface area contributed by atoms with Crippen LogP contribution in [-0.4, -0.2) is 29.0 Å². The molecule has 1 saturated heterocycles. The Morgan fingerprint density at radius 3 is 2.59 bits per heavy atom. The molecule has 0 unspecified atom stereocenters. The first-order chi connectivity index (χ1) is 13.9. The average Bonchev–Trinajstić information content (AvgIpc) is 3.03. The van der Waals surface area contributed by atoms with Crippen LogP contribution in [0.25, 0.3) is 10.2 Å². The third kappa shape index (κ3) is 4.10. The van der Waals surface area contributed by atoms with Crippen molar-refractivity contribution in [2.75, 3.05) is 18.0 Å². The Kier molecular flexibility index (Phi) is 5.50. The van der Waals surface area contributed by atoms with Gasteiger partial charge in [-0.25, -0.2) is 14.4 Å². The van der Waals surface area contributed by atoms with Gasteiger partial charge in [0.25, 0.3) is 5.91 Å². The maximum absolute atomic E-state index is 13.1. The summed E-state index contributed by atoms with van der Waals surface area (Å²) in [6.45, 7) is 8.48. The van der Waals surface area contributed by atoms with Gasteiger partial charge in [-0.15, -0.1) is 11.3 Å². The predicted molar refractivity (Wildman–Crippen MR) is 115 cm³/mol. The van der Waals surface area contributed by atoms with E-state index in [4.69, 9.17) is 4.98 Å². The van der Waals surface area contributed by atoms with Crippen molar-refractivity contribution in [3.8, 4) is 0 Å². The lowest BCUT2D eigenvalue weighted by atomic mass is 9.99. The van der Waals surface area contributed by atoms with Gasteiger partial charge in [0.1, 0.15) is 22.3 Å². The summed E-state index contributed by atoms with van der Waals surface area (Å²) >= 11 is 1.41. The first-order valence-corrected chi connectivity index (χ1v) is 10.8. The molecule has 5 nitrogen and oxygen atoms in total. The molecule has 1 amide bonds. The van der Waals surface area contributed by atoms with Crippen LogP contribution in [0.2, 0.25) is 0 Å². The number of carbonyl (C=O) groups is 1. The summed E-state index contributed by atoms with van der Waals surface area (Å²) in [6.07, 6.45) is 2.30. The molecule has 0 atom stereocenters. The number of carbonyl (C=O) groups excluding carboxylic acids is 1. The molecule has 3 aromatic rings. The van der Waals surface area contributed by atoms with E-state index in [0.717, 1.165) is 64.8 Å². The SMILES string of the molecule is Cc1nc(N2CCC(C)CC2)c2c(C)c(C(=O)NCc3ccc(F)cc3)sc2n1. The molecule has 0 bridgehead atoms. The maximum Gasteiger partial charge on any atom is 0.261 e. The van der Waals surface area contributed by atoms with Gasteiger partial charge in [-0.05, 0) is 55.9 Å². The van der Waals surface area contributed by atoms with E-state index < -0.39 is 0 Å². The zero-order valence-corrected chi connectivity index (χ0v) is 17.8. The van der Waals surface area contributed by atoms with E-state index in [-0.39, 0.29) is 11.7 Å². The van der Waals surface area contributed by atoms with Gasteiger partial charge in [0.2, 0.25) is 0 Å². The molecule has 1 aromatic carbocycles. The maximum atomic E-state index is 13.1. The summed E-state index contributed by atoms with van der Waals surface area (Å²) in [7, 11) is 0. The van der Waals surface area contributed by atoms with Crippen molar-refractivity contribution in [2.24, 2.45) is 5.92 Å². The number of piperidine rings is 1. The van der Waals surface area contributed by atoms with Crippen LogP contribution in [0.5, 0.6) is 0 Å². The molecule has 7 heteroatoms. The highest BCUT2D eigenvalue weighted by atomic mass is 32.1. The summed E-state index contributed by atoms with van der Waals surface area (Å²) in [4.78, 5) is 26.0. The minimum atomic E-state index is -0.283. The van der Waals surface area contributed by atoms with Gasteiger partial charge in [-0.3, -0.25) is 4.79 Å². The zero-order chi connectivity index (χ0) is 20.5. The summed E-state index contributed by atoms with van der Waals surface area (Å²) in [5.74, 6) is 2.00. The van der Waals surface area contributed by atoms with Crippen LogP contribution < -0.4 is 10.2 Å². The van der Waals surface area contributed by atoms with Crippen LogP contribution in [0.1, 0.15) is 46.4 Å². The van der Waals surface area contributed by atoms with Gasteiger partial charge < -0.3 is 10.2 Å². The number of nitrogens with one attached hydrogen (secondary N) is 1. The van der Waals surface area contributed by atoms with E-state index in [1.54, 1.807) is 12.1 Å². The zero-order valence-electron chi connectivity index (χ0n) is 17.0. The third-order valence-electron chi connectivity index (χ3n) is 5.54. The standard InChI is InChI=1S/C22H25FN4OS/c1-13-8-10-27(11-9-13)20-18-14(2)19(29-22(18)26-15(3)25-20)21(28)24-12-16-4-6-17(23)7-5-16/h4-7,13H,8-12H2,1-3H3,(H,24,28). The van der Waals surface area contributed by atoms with Crippen LogP contribution >= 0.6 is 11.3 Å². The Morgan fingerprint density at radius 1 is 1.21 bits per heavy atom. The van der Waals surface area contributed by atoms with Crippen molar-refractivity contribution in [1.29, 1.82) is 0 Å². The number of benzene rings is 1. The lowest BCUT2D eigenvalue weighted by molar-refractivity contribution is 0.0954. The van der Waals surface area contributed by atoms with Crippen molar-refractivity contribution >= 4 is 33.3 Å². The summed E-state index contributed by atoms with van der Waals surface area (Å²) in [5, 5.41) is 3.93. The lowest BCUT2D eigenvalue weighted by Crippen LogP contribution is -2.33. The van der Waals surface area contributed by atoms with Gasteiger partial charge in [0.15, 0.2) is 0 Å². The minimum absolute atomic E-state index is 0.134. The summed E-state index contributed by atoms with van der Waals surface area (Å²) in [6, 6.07) is 6.15. The molecule has 2 aromatic heterocycles. The second kappa shape index (κ2) is 8.06. The molecule has 29 heavy (non-hydrogen) atoms. The number of amides is 1. The second-order valence-electron chi connectivity index (χ2n) is 7.81. The Balaban J connectivity index is 1.62. The predicted octanol–water partition coefficient (Wildman–Crippen LogP) is 4.61. The quantitative estimate of drug-likeness (QED) is 0.680. The van der Waals surface area contributed by atoms with E-state index in [2.05, 4.69) is 22.1 Å². The number of aromatic nitrogens is 2. The highest BCUT2D eigenvalue weighted by Crippen LogP contribution is 2.36. The minimum Gasteiger partial charge on any atom is -0.356 e. The molecule has 1 aliphatic rings. The number of halogens is 1. The molecule has 1 N–H and O–H groups in total. The molecular weight excluding hydrogens is 387 g/mol. The number of anilines is 1. The van der Waals surface area contributed by atoms with Gasteiger partial charge in [-0.2, -0.15) is 0 Å². The van der Waals surface area contributed by atoms with Crippen LogP contribution in [0, 0.1) is 25.6 Å². The highest BCUT2D eigenvalue weighted by molar-refractivity contribution is 7.20. The monoisotopic (exact) mass is 412 g/mol. The fourth-order valence-corrected chi connectivity index (χ4v) is 4.89. The van der Waals surface area contributed by atoms with Crippen molar-refractivity contribution in [2.45, 2.75) is 40.2 Å². The van der Waals surface area contributed by atoms with E-state index in [9.17, 15) is 9.18 Å². The fraction of sp³-hybridized carbons (Fsp3) is 0.409. The Bertz CT molecular complexity index is 1040. The Hall–Kier alpha value is -2.54. The highest BCUT2D eigenvalue weighted by Gasteiger charge is 2.24. The Labute approximate surface area is 174 Å². The summed E-state index contributed by atoms with van der Waals surface area (Å²) in [5.41, 5.74) is 1.78. The number of thiophene rings is 1. The van der Waals surface area contributed by atoms with Crippen LogP contribution in [0.4, 0.5) is 10.2 Å². The molecule has 3 heterocycles. The smallest absolute Gasteiger partial charge is 0.261 e. The number of fused-ring (bicyclic) bond motifs is 1. The van der Waals surface area contributed by atoms with E-state index >= 15 is 0 Å². The van der Waals surface area contributed by atoms with Crippen molar-refractivity contribution in [3.63, 3.8) is 0 Å². The molecule has 0 saturated carbocycles. The van der Waals surface area contributed by atoms with Crippen molar-refractivity contribution in [3.05, 3.63) is 51.9 Å². The van der Waals surface area contributed by atoms with Crippen LogP contribution in [0.3, 0.4) is 0 Å². The first kappa shape index (κ1) is 19.8. The normalized spacial score (nSPS) is 15.1. The molecule has 152 valence electrons. The molecular formula is C22H25FN4OS. The average molecular weight is 413 g/mol. The number of hydrogen-bond donors (Lipinski definition) is 1. The molecule has 4 rings (SSSR count). The second-order valence-corrected chi connectivity index (χ2v) is 8.81. The van der Waals surface area contributed by atoms with Crippen LogP contribution in [0.15, 0.2) is 24.3 Å². The number of nitrogens with zero attached hydrogens (tertiary/aromatic N) is 3. The van der Waals surface area contributed by atoms with Gasteiger partial charge in [0, 0.05) is 19.6 Å². The van der Waals surface area contributed by atoms with E-state index in [1.165, 1.54) is 23.5 Å². The Morgan fingerprint density at radius 2 is 1.90 bits per heavy atom. The first-order valence-electron chi connectivity index (χ1n) is 9.97. The molecule has 0 spiro atoms. The van der Waals surface area contributed by atoms with E-state index in [0.29, 0.717) is 11.4 Å². The topological polar surface area (TPSA) is 58.1 Å². The largest absolute Gasteiger partial charge is 0.356 e. The fourth-order valence-electron chi connectivity index (χ4n) is 3.75. The van der Waals surface area contributed by atoms with Crippen LogP contribution in [-0.2, 0) is 6.54 Å².